The van der Waals surface area contributed by atoms with E-state index in [4.69, 9.17) is 0 Å². The van der Waals surface area contributed by atoms with E-state index in [0.717, 1.165) is 0 Å². The van der Waals surface area contributed by atoms with Crippen molar-refractivity contribution in [3.05, 3.63) is 0 Å². The zero-order valence-corrected chi connectivity index (χ0v) is 8.83. The molecule has 0 aliphatic carbocycles. The Hall–Kier alpha value is 2.78. The summed E-state index contributed by atoms with van der Waals surface area (Å²) in [6.07, 6.45) is 0. The van der Waals surface area contributed by atoms with Gasteiger partial charge in [0.25, 0.3) is 0 Å². The molecule has 26 valence electrons. The number of rotatable bonds is 0. The van der Waals surface area contributed by atoms with E-state index in [1.54, 1.807) is 0 Å². The Morgan fingerprint density at radius 1 is 1.00 bits per heavy atom. The maximum Gasteiger partial charge on any atom is 2.00 e. The molecule has 0 saturated heterocycles. The third-order valence-corrected chi connectivity index (χ3v) is 0. The van der Waals surface area contributed by atoms with Crippen molar-refractivity contribution in [2.75, 3.05) is 0 Å². The first kappa shape index (κ1) is 46.2. The van der Waals surface area contributed by atoms with E-state index in [0.29, 0.717) is 0 Å². The molecule has 0 fully saturated rings. The van der Waals surface area contributed by atoms with Crippen LogP contribution >= 0.6 is 0 Å². The first-order valence-corrected chi connectivity index (χ1v) is 0. The van der Waals surface area contributed by atoms with Gasteiger partial charge in [0.1, 0.15) is 0 Å². The Bertz CT molecular complexity index is 11.6. The molecule has 0 aromatic heterocycles. The maximum absolute atomic E-state index is 0. The molecule has 0 aliphatic heterocycles. The molecule has 1 nitrogen and oxygen atoms in total. The SMILES string of the molecule is [AlH3].[InH3].[O-2].[SnH2].[Zn+2]. The monoisotopic (exact) mass is 350 g/mol. The third-order valence-electron chi connectivity index (χ3n) is 0. The van der Waals surface area contributed by atoms with Crippen LogP contribution in [0.25, 0.3) is 0 Å². The fourth-order valence-electron chi connectivity index (χ4n) is 0. The minimum Gasteiger partial charge on any atom is 2.00 e. The Labute approximate surface area is 90.6 Å². The van der Waals surface area contributed by atoms with Gasteiger partial charge in [-0.2, -0.15) is 0 Å². The molecule has 0 atom stereocenters. The normalized spacial score (nSPS) is 0. The number of hydrogen-bond donors (Lipinski definition) is 0. The average molecular weight is 350 g/mol. The predicted molar refractivity (Wildman–Crippen MR) is 29.1 cm³/mol. The van der Waals surface area contributed by atoms with Crippen molar-refractivity contribution >= 4 is 67.1 Å². The fourth-order valence-corrected chi connectivity index (χ4v) is 0. The Kier molecular flexibility index (Phi) is 271. The molecule has 0 heterocycles. The smallest absolute Gasteiger partial charge is 2.00 e. The van der Waals surface area contributed by atoms with Crippen LogP contribution in [0.15, 0.2) is 0 Å². The first-order valence-electron chi connectivity index (χ1n) is 0. The van der Waals surface area contributed by atoms with Crippen LogP contribution in [0.1, 0.15) is 0 Å². The molecular weight excluding hydrogens is 342 g/mol. The molecule has 5 heavy (non-hydrogen) atoms. The molecular formula is H8AlInOSnZn. The van der Waals surface area contributed by atoms with Gasteiger partial charge in [-0.25, -0.2) is 0 Å². The van der Waals surface area contributed by atoms with Crippen molar-refractivity contribution < 1.29 is 25.0 Å². The summed E-state index contributed by atoms with van der Waals surface area (Å²) in [6.45, 7) is 0. The molecule has 0 aromatic carbocycles. The van der Waals surface area contributed by atoms with E-state index in [1.807, 2.05) is 0 Å². The molecule has 0 spiro atoms. The zero-order chi connectivity index (χ0) is 0. The first-order chi connectivity index (χ1) is 0. The standard InChI is InChI=1S/Al.In.O.Sn.Zn.8H/q;;-2;;+2;;;;;;;;. The van der Waals surface area contributed by atoms with E-state index in [1.165, 1.54) is 0 Å². The second-order valence-corrected chi connectivity index (χ2v) is 0. The minimum absolute atomic E-state index is 0. The fraction of sp³-hybridized carbons (Fsp3) is 0. The van der Waals surface area contributed by atoms with Crippen LogP contribution in [0.4, 0.5) is 0 Å². The molecule has 0 saturated carbocycles. The van der Waals surface area contributed by atoms with E-state index < -0.39 is 0 Å². The second kappa shape index (κ2) is 29.3. The Balaban J connectivity index is 0. The van der Waals surface area contributed by atoms with Gasteiger partial charge in [0.2, 0.25) is 0 Å². The number of hydrogen-bond acceptors (Lipinski definition) is 0. The van der Waals surface area contributed by atoms with E-state index in [-0.39, 0.29) is 92.1 Å². The summed E-state index contributed by atoms with van der Waals surface area (Å²) in [4.78, 5) is 0. The summed E-state index contributed by atoms with van der Waals surface area (Å²) >= 11 is 0. The van der Waals surface area contributed by atoms with Gasteiger partial charge in [0, 0.05) is 0 Å². The van der Waals surface area contributed by atoms with Crippen molar-refractivity contribution in [1.29, 1.82) is 0 Å². The average Bonchev–Trinajstić information content (AvgIpc) is 0. The summed E-state index contributed by atoms with van der Waals surface area (Å²) in [5.41, 5.74) is 0. The van der Waals surface area contributed by atoms with Gasteiger partial charge in [-0.1, -0.05) is 0 Å². The van der Waals surface area contributed by atoms with Crippen LogP contribution in [-0.2, 0) is 25.0 Å². The van der Waals surface area contributed by atoms with E-state index in [2.05, 4.69) is 0 Å². The maximum atomic E-state index is 0. The van der Waals surface area contributed by atoms with Gasteiger partial charge in [-0.15, -0.1) is 0 Å². The molecule has 0 amide bonds. The molecule has 2 radical (unpaired) electrons. The summed E-state index contributed by atoms with van der Waals surface area (Å²) in [5, 5.41) is 0. The van der Waals surface area contributed by atoms with Crippen molar-refractivity contribution in [2.24, 2.45) is 0 Å². The van der Waals surface area contributed by atoms with Crippen LogP contribution in [-0.4, -0.2) is 67.1 Å². The van der Waals surface area contributed by atoms with Crippen LogP contribution in [0.3, 0.4) is 0 Å². The van der Waals surface area contributed by atoms with Gasteiger partial charge in [-0.05, 0) is 0 Å². The quantitative estimate of drug-likeness (QED) is 0.408. The summed E-state index contributed by atoms with van der Waals surface area (Å²) in [7, 11) is 0. The zero-order valence-electron chi connectivity index (χ0n) is 1.82. The van der Waals surface area contributed by atoms with E-state index >= 15 is 0 Å². The van der Waals surface area contributed by atoms with Crippen molar-refractivity contribution in [2.45, 2.75) is 0 Å². The summed E-state index contributed by atoms with van der Waals surface area (Å²) in [5.74, 6) is 0. The van der Waals surface area contributed by atoms with Crippen LogP contribution < -0.4 is 0 Å². The van der Waals surface area contributed by atoms with Gasteiger partial charge in [0.05, 0.1) is 0 Å². The molecule has 0 rings (SSSR count). The van der Waals surface area contributed by atoms with Gasteiger partial charge in [0.15, 0.2) is 17.4 Å². The molecule has 0 bridgehead atoms. The largest absolute Gasteiger partial charge is 2.00 e. The molecule has 0 aromatic rings. The Morgan fingerprint density at radius 3 is 1.00 bits per heavy atom. The third kappa shape index (κ3) is 20.0. The van der Waals surface area contributed by atoms with Crippen LogP contribution in [0.5, 0.6) is 0 Å². The van der Waals surface area contributed by atoms with Crippen molar-refractivity contribution in [3.8, 4) is 0 Å². The van der Waals surface area contributed by atoms with Gasteiger partial charge < -0.3 is 5.48 Å². The molecule has 0 unspecified atom stereocenters. The summed E-state index contributed by atoms with van der Waals surface area (Å²) in [6, 6.07) is 0. The van der Waals surface area contributed by atoms with Crippen LogP contribution in [0.2, 0.25) is 0 Å². The molecule has 0 N–H and O–H groups in total. The predicted octanol–water partition coefficient (Wildman–Crippen LogP) is -3.41. The van der Waals surface area contributed by atoms with Crippen molar-refractivity contribution in [3.63, 3.8) is 0 Å². The van der Waals surface area contributed by atoms with Crippen molar-refractivity contribution in [1.82, 2.24) is 0 Å². The van der Waals surface area contributed by atoms with Gasteiger partial charge >= 0.3 is 69.2 Å². The van der Waals surface area contributed by atoms with Crippen LogP contribution in [0, 0.1) is 0 Å². The summed E-state index contributed by atoms with van der Waals surface area (Å²) < 4.78 is 0. The molecule has 5 heteroatoms. The minimum atomic E-state index is 0. The second-order valence-electron chi connectivity index (χ2n) is 0. The Morgan fingerprint density at radius 2 is 1.00 bits per heavy atom. The van der Waals surface area contributed by atoms with Gasteiger partial charge in [-0.3, -0.25) is 0 Å². The van der Waals surface area contributed by atoms with E-state index in [9.17, 15) is 0 Å². The topological polar surface area (TPSA) is 28.5 Å². The molecule has 0 aliphatic rings.